The molecule has 1 heterocycles. The lowest BCUT2D eigenvalue weighted by atomic mass is 10.1. The Bertz CT molecular complexity index is 509. The maximum Gasteiger partial charge on any atom is 0.317 e. The van der Waals surface area contributed by atoms with Crippen LogP contribution in [-0.2, 0) is 4.79 Å². The molecular weight excluding hydrogens is 344 g/mol. The summed E-state index contributed by atoms with van der Waals surface area (Å²) >= 11 is 3.65. The Morgan fingerprint density at radius 2 is 2.14 bits per heavy atom. The Balaban J connectivity index is 1.98. The van der Waals surface area contributed by atoms with Crippen LogP contribution in [0, 0.1) is 0 Å². The zero-order valence-electron chi connectivity index (χ0n) is 13.3. The standard InChI is InChI=1S/C17H25BrN2O2/c1-13(15-7-3-4-8-16(15)18)20-10-5-6-14(9-11-20)19(2)12-17(21)22/h3-4,7-8,13-14H,5-6,9-12H2,1-2H3,(H,21,22). The van der Waals surface area contributed by atoms with Gasteiger partial charge in [-0.25, -0.2) is 0 Å². The maximum absolute atomic E-state index is 10.9. The van der Waals surface area contributed by atoms with Crippen molar-refractivity contribution >= 4 is 21.9 Å². The second kappa shape index (κ2) is 8.09. The minimum Gasteiger partial charge on any atom is -0.480 e. The maximum atomic E-state index is 10.9. The Morgan fingerprint density at radius 1 is 1.41 bits per heavy atom. The van der Waals surface area contributed by atoms with Crippen molar-refractivity contribution in [2.75, 3.05) is 26.7 Å². The molecule has 122 valence electrons. The molecule has 2 rings (SSSR count). The van der Waals surface area contributed by atoms with E-state index in [2.05, 4.69) is 46.0 Å². The van der Waals surface area contributed by atoms with E-state index in [1.165, 1.54) is 5.56 Å². The fourth-order valence-electron chi connectivity index (χ4n) is 3.28. The summed E-state index contributed by atoms with van der Waals surface area (Å²) in [6, 6.07) is 9.13. The van der Waals surface area contributed by atoms with Gasteiger partial charge in [0.1, 0.15) is 0 Å². The van der Waals surface area contributed by atoms with Gasteiger partial charge < -0.3 is 5.11 Å². The van der Waals surface area contributed by atoms with E-state index in [0.29, 0.717) is 12.1 Å². The first-order chi connectivity index (χ1) is 10.5. The summed E-state index contributed by atoms with van der Waals surface area (Å²) in [7, 11) is 1.92. The number of hydrogen-bond donors (Lipinski definition) is 1. The number of nitrogens with zero attached hydrogens (tertiary/aromatic N) is 2. The highest BCUT2D eigenvalue weighted by atomic mass is 79.9. The van der Waals surface area contributed by atoms with Gasteiger partial charge in [-0.05, 0) is 51.4 Å². The quantitative estimate of drug-likeness (QED) is 0.864. The van der Waals surface area contributed by atoms with Gasteiger partial charge >= 0.3 is 5.97 Å². The number of aliphatic carboxylic acids is 1. The summed E-state index contributed by atoms with van der Waals surface area (Å²) in [5.41, 5.74) is 1.32. The van der Waals surface area contributed by atoms with Crippen LogP contribution in [0.4, 0.5) is 0 Å². The SMILES string of the molecule is CC(c1ccccc1Br)N1CCCC(N(C)CC(=O)O)CC1. The number of likely N-dealkylation sites (N-methyl/N-ethyl adjacent to an activating group) is 1. The van der Waals surface area contributed by atoms with Crippen LogP contribution >= 0.6 is 15.9 Å². The first kappa shape index (κ1) is 17.4. The summed E-state index contributed by atoms with van der Waals surface area (Å²) in [4.78, 5) is 15.4. The van der Waals surface area contributed by atoms with Gasteiger partial charge in [0.2, 0.25) is 0 Å². The average Bonchev–Trinajstić information content (AvgIpc) is 2.72. The number of benzene rings is 1. The summed E-state index contributed by atoms with van der Waals surface area (Å²) in [5, 5.41) is 8.95. The van der Waals surface area contributed by atoms with Crippen molar-refractivity contribution in [2.45, 2.75) is 38.3 Å². The molecule has 1 N–H and O–H groups in total. The molecule has 0 aliphatic carbocycles. The van der Waals surface area contributed by atoms with E-state index >= 15 is 0 Å². The number of carbonyl (C=O) groups is 1. The van der Waals surface area contributed by atoms with Crippen LogP contribution in [0.5, 0.6) is 0 Å². The summed E-state index contributed by atoms with van der Waals surface area (Å²) in [5.74, 6) is -0.745. The van der Waals surface area contributed by atoms with Crippen molar-refractivity contribution in [2.24, 2.45) is 0 Å². The van der Waals surface area contributed by atoms with Crippen LogP contribution in [0.2, 0.25) is 0 Å². The Labute approximate surface area is 141 Å². The normalized spacial score (nSPS) is 21.5. The molecule has 0 spiro atoms. The highest BCUT2D eigenvalue weighted by Crippen LogP contribution is 2.29. The second-order valence-corrected chi connectivity index (χ2v) is 6.98. The number of rotatable bonds is 5. The average molecular weight is 369 g/mol. The van der Waals surface area contributed by atoms with E-state index in [-0.39, 0.29) is 6.54 Å². The lowest BCUT2D eigenvalue weighted by molar-refractivity contribution is -0.138. The number of carboxylic acid groups (broad SMARTS) is 1. The second-order valence-electron chi connectivity index (χ2n) is 6.13. The van der Waals surface area contributed by atoms with Gasteiger partial charge in [0.05, 0.1) is 6.54 Å². The highest BCUT2D eigenvalue weighted by Gasteiger charge is 2.25. The molecule has 0 radical (unpaired) electrons. The smallest absolute Gasteiger partial charge is 0.317 e. The summed E-state index contributed by atoms with van der Waals surface area (Å²) < 4.78 is 1.16. The summed E-state index contributed by atoms with van der Waals surface area (Å²) in [6.07, 6.45) is 3.21. The number of carboxylic acids is 1. The van der Waals surface area contributed by atoms with Crippen LogP contribution in [0.1, 0.15) is 37.8 Å². The van der Waals surface area contributed by atoms with Crippen molar-refractivity contribution in [1.82, 2.24) is 9.80 Å². The zero-order chi connectivity index (χ0) is 16.1. The molecule has 22 heavy (non-hydrogen) atoms. The topological polar surface area (TPSA) is 43.8 Å². The molecule has 1 aliphatic heterocycles. The molecule has 1 aromatic carbocycles. The minimum atomic E-state index is -0.745. The third-order valence-corrected chi connectivity index (χ3v) is 5.37. The van der Waals surface area contributed by atoms with E-state index in [9.17, 15) is 4.79 Å². The third-order valence-electron chi connectivity index (χ3n) is 4.64. The van der Waals surface area contributed by atoms with Crippen LogP contribution in [0.15, 0.2) is 28.7 Å². The first-order valence-electron chi connectivity index (χ1n) is 7.89. The fourth-order valence-corrected chi connectivity index (χ4v) is 3.90. The summed E-state index contributed by atoms with van der Waals surface area (Å²) in [6.45, 7) is 4.46. The van der Waals surface area contributed by atoms with Crippen LogP contribution in [0.25, 0.3) is 0 Å². The molecule has 2 unspecified atom stereocenters. The van der Waals surface area contributed by atoms with Crippen molar-refractivity contribution in [1.29, 1.82) is 0 Å². The molecular formula is C17H25BrN2O2. The van der Waals surface area contributed by atoms with Gasteiger partial charge in [-0.3, -0.25) is 14.6 Å². The van der Waals surface area contributed by atoms with Gasteiger partial charge in [-0.2, -0.15) is 0 Å². The number of halogens is 1. The van der Waals surface area contributed by atoms with E-state index < -0.39 is 5.97 Å². The molecule has 1 aromatic rings. The van der Waals surface area contributed by atoms with E-state index in [0.717, 1.165) is 36.8 Å². The highest BCUT2D eigenvalue weighted by molar-refractivity contribution is 9.10. The zero-order valence-corrected chi connectivity index (χ0v) is 14.9. The van der Waals surface area contributed by atoms with Crippen LogP contribution in [0.3, 0.4) is 0 Å². The molecule has 2 atom stereocenters. The van der Waals surface area contributed by atoms with Gasteiger partial charge in [-0.15, -0.1) is 0 Å². The van der Waals surface area contributed by atoms with Crippen molar-refractivity contribution in [3.8, 4) is 0 Å². The van der Waals surface area contributed by atoms with Gasteiger partial charge in [0.15, 0.2) is 0 Å². The van der Waals surface area contributed by atoms with Crippen molar-refractivity contribution < 1.29 is 9.90 Å². The Morgan fingerprint density at radius 3 is 2.82 bits per heavy atom. The molecule has 0 amide bonds. The van der Waals surface area contributed by atoms with Crippen molar-refractivity contribution in [3.05, 3.63) is 34.3 Å². The lowest BCUT2D eigenvalue weighted by Gasteiger charge is -2.29. The van der Waals surface area contributed by atoms with E-state index in [1.54, 1.807) is 0 Å². The molecule has 0 aromatic heterocycles. The van der Waals surface area contributed by atoms with Crippen LogP contribution < -0.4 is 0 Å². The third kappa shape index (κ3) is 4.54. The van der Waals surface area contributed by atoms with E-state index in [4.69, 9.17) is 5.11 Å². The fraction of sp³-hybridized carbons (Fsp3) is 0.588. The number of hydrogen-bond acceptors (Lipinski definition) is 3. The Hall–Kier alpha value is -0.910. The molecule has 0 bridgehead atoms. The molecule has 0 saturated carbocycles. The molecule has 5 heteroatoms. The van der Waals surface area contributed by atoms with E-state index in [1.807, 2.05) is 18.0 Å². The van der Waals surface area contributed by atoms with Gasteiger partial charge in [-0.1, -0.05) is 34.1 Å². The molecule has 4 nitrogen and oxygen atoms in total. The van der Waals surface area contributed by atoms with Gasteiger partial charge in [0, 0.05) is 23.1 Å². The molecule has 1 fully saturated rings. The predicted octanol–water partition coefficient (Wildman–Crippen LogP) is 3.38. The molecule has 1 saturated heterocycles. The Kier molecular flexibility index (Phi) is 6.41. The van der Waals surface area contributed by atoms with Gasteiger partial charge in [0.25, 0.3) is 0 Å². The van der Waals surface area contributed by atoms with Crippen LogP contribution in [-0.4, -0.2) is 53.6 Å². The number of likely N-dealkylation sites (tertiary alicyclic amines) is 1. The monoisotopic (exact) mass is 368 g/mol. The van der Waals surface area contributed by atoms with Crippen molar-refractivity contribution in [3.63, 3.8) is 0 Å². The first-order valence-corrected chi connectivity index (χ1v) is 8.69. The lowest BCUT2D eigenvalue weighted by Crippen LogP contribution is -2.36. The predicted molar refractivity (Wildman–Crippen MR) is 92.0 cm³/mol. The largest absolute Gasteiger partial charge is 0.480 e. The minimum absolute atomic E-state index is 0.129. The molecule has 1 aliphatic rings.